The van der Waals surface area contributed by atoms with E-state index in [0.717, 1.165) is 16.6 Å². The van der Waals surface area contributed by atoms with Gasteiger partial charge in [-0.25, -0.2) is 0 Å². The lowest BCUT2D eigenvalue weighted by Crippen LogP contribution is -2.11. The largest absolute Gasteiger partial charge is 0.335 e. The summed E-state index contributed by atoms with van der Waals surface area (Å²) in [6.45, 7) is 8.83. The first-order valence-electron chi connectivity index (χ1n) is 6.03. The lowest BCUT2D eigenvalue weighted by atomic mass is 9.87. The van der Waals surface area contributed by atoms with Gasteiger partial charge in [0.1, 0.15) is 0 Å². The van der Waals surface area contributed by atoms with Crippen LogP contribution in [0, 0.1) is 0 Å². The van der Waals surface area contributed by atoms with Crippen molar-refractivity contribution in [1.82, 2.24) is 0 Å². The van der Waals surface area contributed by atoms with Gasteiger partial charge in [0, 0.05) is 11.4 Å². The average molecular weight is 248 g/mol. The number of aliphatic imine (C=N–C) groups is 1. The number of benzene rings is 1. The van der Waals surface area contributed by atoms with E-state index < -0.39 is 0 Å². The Balaban J connectivity index is 2.06. The minimum Gasteiger partial charge on any atom is -0.335 e. The summed E-state index contributed by atoms with van der Waals surface area (Å²) in [5, 5.41) is 4.41. The van der Waals surface area contributed by atoms with Crippen LogP contribution in [0.1, 0.15) is 33.3 Å². The van der Waals surface area contributed by atoms with Crippen molar-refractivity contribution >= 4 is 22.6 Å². The Hall–Kier alpha value is -0.960. The summed E-state index contributed by atoms with van der Waals surface area (Å²) in [5.74, 6) is 1.09. The summed E-state index contributed by atoms with van der Waals surface area (Å²) in [7, 11) is 0. The fourth-order valence-electron chi connectivity index (χ4n) is 1.72. The van der Waals surface area contributed by atoms with Crippen molar-refractivity contribution in [2.45, 2.75) is 39.2 Å². The SMILES string of the molecule is CC1CSC(Nc2ccc(C(C)(C)C)cc2)=N1. The molecule has 0 radical (unpaired) electrons. The summed E-state index contributed by atoms with van der Waals surface area (Å²) >= 11 is 1.79. The Morgan fingerprint density at radius 1 is 1.24 bits per heavy atom. The van der Waals surface area contributed by atoms with Gasteiger partial charge >= 0.3 is 0 Å². The van der Waals surface area contributed by atoms with Crippen LogP contribution >= 0.6 is 11.8 Å². The molecule has 0 fully saturated rings. The zero-order valence-corrected chi connectivity index (χ0v) is 11.8. The monoisotopic (exact) mass is 248 g/mol. The number of nitrogens with one attached hydrogen (secondary N) is 1. The van der Waals surface area contributed by atoms with Crippen molar-refractivity contribution in [1.29, 1.82) is 0 Å². The fraction of sp³-hybridized carbons (Fsp3) is 0.500. The maximum Gasteiger partial charge on any atom is 0.161 e. The molecular weight excluding hydrogens is 228 g/mol. The first kappa shape index (κ1) is 12.5. The third-order valence-corrected chi connectivity index (χ3v) is 3.93. The van der Waals surface area contributed by atoms with E-state index in [1.54, 1.807) is 11.8 Å². The van der Waals surface area contributed by atoms with E-state index in [9.17, 15) is 0 Å². The van der Waals surface area contributed by atoms with Crippen LogP contribution in [0.5, 0.6) is 0 Å². The summed E-state index contributed by atoms with van der Waals surface area (Å²) in [6.07, 6.45) is 0. The summed E-state index contributed by atoms with van der Waals surface area (Å²) < 4.78 is 0. The molecule has 2 nitrogen and oxygen atoms in total. The topological polar surface area (TPSA) is 24.4 Å². The molecule has 1 unspecified atom stereocenters. The number of hydrogen-bond donors (Lipinski definition) is 1. The number of anilines is 1. The van der Waals surface area contributed by atoms with Gasteiger partial charge in [-0.2, -0.15) is 0 Å². The average Bonchev–Trinajstić information content (AvgIpc) is 2.63. The normalized spacial score (nSPS) is 20.2. The maximum atomic E-state index is 4.52. The van der Waals surface area contributed by atoms with Crippen LogP contribution in [0.15, 0.2) is 29.3 Å². The van der Waals surface area contributed by atoms with Crippen molar-refractivity contribution in [2.75, 3.05) is 11.1 Å². The minimum atomic E-state index is 0.215. The van der Waals surface area contributed by atoms with Crippen LogP contribution in [-0.2, 0) is 5.41 Å². The van der Waals surface area contributed by atoms with Gasteiger partial charge in [-0.3, -0.25) is 4.99 Å². The number of hydrogen-bond acceptors (Lipinski definition) is 3. The van der Waals surface area contributed by atoms with Gasteiger partial charge in [0.25, 0.3) is 0 Å². The van der Waals surface area contributed by atoms with E-state index in [0.29, 0.717) is 6.04 Å². The smallest absolute Gasteiger partial charge is 0.161 e. The molecule has 0 amide bonds. The third-order valence-electron chi connectivity index (χ3n) is 2.80. The van der Waals surface area contributed by atoms with Crippen LogP contribution in [0.2, 0.25) is 0 Å². The number of rotatable bonds is 1. The molecule has 0 aromatic heterocycles. The Bertz CT molecular complexity index is 415. The van der Waals surface area contributed by atoms with Crippen LogP contribution in [0.4, 0.5) is 5.69 Å². The molecule has 1 aliphatic rings. The van der Waals surface area contributed by atoms with Gasteiger partial charge in [0.15, 0.2) is 5.17 Å². The van der Waals surface area contributed by atoms with E-state index in [2.05, 4.69) is 62.3 Å². The molecule has 17 heavy (non-hydrogen) atoms. The molecule has 3 heteroatoms. The second kappa shape index (κ2) is 4.73. The van der Waals surface area contributed by atoms with Gasteiger partial charge in [-0.15, -0.1) is 0 Å². The van der Waals surface area contributed by atoms with Crippen molar-refractivity contribution in [3.8, 4) is 0 Å². The van der Waals surface area contributed by atoms with Crippen LogP contribution in [0.25, 0.3) is 0 Å². The molecule has 1 aliphatic heterocycles. The predicted octanol–water partition coefficient (Wildman–Crippen LogP) is 3.89. The lowest BCUT2D eigenvalue weighted by Gasteiger charge is -2.19. The summed E-state index contributed by atoms with van der Waals surface area (Å²) in [6, 6.07) is 9.08. The van der Waals surface area contributed by atoms with Gasteiger partial charge in [0.05, 0.1) is 6.04 Å². The lowest BCUT2D eigenvalue weighted by molar-refractivity contribution is 0.590. The highest BCUT2D eigenvalue weighted by Gasteiger charge is 2.15. The van der Waals surface area contributed by atoms with Crippen LogP contribution < -0.4 is 5.32 Å². The zero-order chi connectivity index (χ0) is 12.5. The van der Waals surface area contributed by atoms with E-state index in [1.807, 2.05) is 0 Å². The van der Waals surface area contributed by atoms with Gasteiger partial charge in [-0.1, -0.05) is 44.7 Å². The van der Waals surface area contributed by atoms with Crippen molar-refractivity contribution in [2.24, 2.45) is 4.99 Å². The highest BCUT2D eigenvalue weighted by atomic mass is 32.2. The molecule has 0 spiro atoms. The predicted molar refractivity (Wildman–Crippen MR) is 78.1 cm³/mol. The van der Waals surface area contributed by atoms with Gasteiger partial charge < -0.3 is 5.32 Å². The molecule has 92 valence electrons. The Labute approximate surface area is 108 Å². The molecular formula is C14H20N2S. The number of nitrogens with zero attached hydrogens (tertiary/aromatic N) is 1. The Morgan fingerprint density at radius 2 is 1.88 bits per heavy atom. The molecule has 1 aromatic carbocycles. The molecule has 2 rings (SSSR count). The molecule has 0 aliphatic carbocycles. The first-order valence-corrected chi connectivity index (χ1v) is 7.02. The van der Waals surface area contributed by atoms with Gasteiger partial charge in [0.2, 0.25) is 0 Å². The van der Waals surface area contributed by atoms with Crippen molar-refractivity contribution < 1.29 is 0 Å². The van der Waals surface area contributed by atoms with E-state index >= 15 is 0 Å². The van der Waals surface area contributed by atoms with Crippen LogP contribution in [-0.4, -0.2) is 17.0 Å². The van der Waals surface area contributed by atoms with Crippen molar-refractivity contribution in [3.05, 3.63) is 29.8 Å². The standard InChI is InChI=1S/C14H20N2S/c1-10-9-17-13(15-10)16-12-7-5-11(6-8-12)14(2,3)4/h5-8,10H,9H2,1-4H3,(H,15,16). The highest BCUT2D eigenvalue weighted by molar-refractivity contribution is 8.14. The fourth-order valence-corrected chi connectivity index (χ4v) is 2.64. The summed E-state index contributed by atoms with van der Waals surface area (Å²) in [5.41, 5.74) is 2.70. The van der Waals surface area contributed by atoms with E-state index in [-0.39, 0.29) is 5.41 Å². The molecule has 1 atom stereocenters. The first-order chi connectivity index (χ1) is 7.95. The van der Waals surface area contributed by atoms with Crippen molar-refractivity contribution in [3.63, 3.8) is 0 Å². The number of amidine groups is 1. The zero-order valence-electron chi connectivity index (χ0n) is 10.9. The molecule has 1 heterocycles. The minimum absolute atomic E-state index is 0.215. The Morgan fingerprint density at radius 3 is 2.35 bits per heavy atom. The molecule has 1 N–H and O–H groups in total. The quantitative estimate of drug-likeness (QED) is 0.815. The second-order valence-electron chi connectivity index (χ2n) is 5.55. The highest BCUT2D eigenvalue weighted by Crippen LogP contribution is 2.25. The second-order valence-corrected chi connectivity index (χ2v) is 6.56. The van der Waals surface area contributed by atoms with Crippen LogP contribution in [0.3, 0.4) is 0 Å². The molecule has 0 saturated carbocycles. The van der Waals surface area contributed by atoms with E-state index in [4.69, 9.17) is 0 Å². The molecule has 0 bridgehead atoms. The van der Waals surface area contributed by atoms with E-state index in [1.165, 1.54) is 5.56 Å². The Kier molecular flexibility index (Phi) is 3.48. The number of thioether (sulfide) groups is 1. The van der Waals surface area contributed by atoms with Gasteiger partial charge in [-0.05, 0) is 30.0 Å². The molecule has 1 aromatic rings. The maximum absolute atomic E-state index is 4.52. The molecule has 0 saturated heterocycles. The third kappa shape index (κ3) is 3.25. The summed E-state index contributed by atoms with van der Waals surface area (Å²) in [4.78, 5) is 4.52.